The summed E-state index contributed by atoms with van der Waals surface area (Å²) in [5.41, 5.74) is 5.49. The van der Waals surface area contributed by atoms with Crippen LogP contribution in [0.15, 0.2) is 30.5 Å². The van der Waals surface area contributed by atoms with Gasteiger partial charge >= 0.3 is 0 Å². The second-order valence-corrected chi connectivity index (χ2v) is 4.06. The van der Waals surface area contributed by atoms with Crippen LogP contribution in [0.25, 0.3) is 0 Å². The normalized spacial score (nSPS) is 9.59. The Labute approximate surface area is 101 Å². The van der Waals surface area contributed by atoms with E-state index in [4.69, 9.17) is 15.7 Å². The highest BCUT2D eigenvalue weighted by atomic mass is 32.1. The molecule has 2 rings (SSSR count). The van der Waals surface area contributed by atoms with E-state index in [9.17, 15) is 4.79 Å². The van der Waals surface area contributed by atoms with E-state index in [-0.39, 0.29) is 5.56 Å². The fourth-order valence-electron chi connectivity index (χ4n) is 1.21. The first-order valence-electron chi connectivity index (χ1n) is 4.63. The number of thiazole rings is 1. The number of aromatic nitrogens is 1. The molecule has 0 saturated heterocycles. The van der Waals surface area contributed by atoms with Gasteiger partial charge in [0.15, 0.2) is 0 Å². The average molecular weight is 245 g/mol. The highest BCUT2D eigenvalue weighted by Gasteiger charge is 2.11. The van der Waals surface area contributed by atoms with E-state index < -0.39 is 5.91 Å². The number of carbonyl (C=O) groups excluding carboxylic acids is 1. The molecule has 1 heterocycles. The molecule has 1 amide bonds. The summed E-state index contributed by atoms with van der Waals surface area (Å²) in [6.07, 6.45) is 1.41. The van der Waals surface area contributed by atoms with Gasteiger partial charge in [0.2, 0.25) is 0 Å². The highest BCUT2D eigenvalue weighted by Crippen LogP contribution is 2.28. The molecule has 1 aromatic carbocycles. The largest absolute Gasteiger partial charge is 0.430 e. The summed E-state index contributed by atoms with van der Waals surface area (Å²) in [5.74, 6) is -0.239. The van der Waals surface area contributed by atoms with Crippen molar-refractivity contribution in [3.8, 4) is 17.0 Å². The van der Waals surface area contributed by atoms with Crippen LogP contribution in [-0.2, 0) is 0 Å². The van der Waals surface area contributed by atoms with Crippen LogP contribution in [0.5, 0.6) is 10.9 Å². The third-order valence-corrected chi connectivity index (χ3v) is 2.72. The summed E-state index contributed by atoms with van der Waals surface area (Å²) < 4.78 is 5.41. The standard InChI is InChI=1S/C11H7N3O2S/c12-5-7-6-14-11(17-7)16-9-4-2-1-3-8(9)10(13)15/h1-4,6H,(H2,13,15). The van der Waals surface area contributed by atoms with E-state index in [0.717, 1.165) is 11.3 Å². The van der Waals surface area contributed by atoms with Gasteiger partial charge in [0.25, 0.3) is 11.1 Å². The van der Waals surface area contributed by atoms with E-state index in [0.29, 0.717) is 15.8 Å². The van der Waals surface area contributed by atoms with Gasteiger partial charge in [-0.2, -0.15) is 5.26 Å². The maximum atomic E-state index is 11.1. The van der Waals surface area contributed by atoms with Crippen LogP contribution in [0, 0.1) is 11.3 Å². The Morgan fingerprint density at radius 2 is 2.24 bits per heavy atom. The molecule has 0 atom stereocenters. The number of primary amides is 1. The van der Waals surface area contributed by atoms with Crippen molar-refractivity contribution in [1.82, 2.24) is 4.98 Å². The Morgan fingerprint density at radius 3 is 2.88 bits per heavy atom. The fourth-order valence-corrected chi connectivity index (χ4v) is 1.79. The third-order valence-electron chi connectivity index (χ3n) is 1.94. The van der Waals surface area contributed by atoms with E-state index >= 15 is 0 Å². The molecule has 84 valence electrons. The van der Waals surface area contributed by atoms with Crippen molar-refractivity contribution in [1.29, 1.82) is 5.26 Å². The molecule has 0 unspecified atom stereocenters. The van der Waals surface area contributed by atoms with Crippen molar-refractivity contribution < 1.29 is 9.53 Å². The molecule has 0 radical (unpaired) electrons. The fraction of sp³-hybridized carbons (Fsp3) is 0. The zero-order valence-electron chi connectivity index (χ0n) is 8.58. The van der Waals surface area contributed by atoms with Crippen LogP contribution in [0.4, 0.5) is 0 Å². The molecule has 0 saturated carbocycles. The van der Waals surface area contributed by atoms with Gasteiger partial charge in [0, 0.05) is 0 Å². The second kappa shape index (κ2) is 4.63. The molecular formula is C11H7N3O2S. The minimum absolute atomic E-state index is 0.279. The van der Waals surface area contributed by atoms with E-state index in [1.54, 1.807) is 24.3 Å². The van der Waals surface area contributed by atoms with Crippen molar-refractivity contribution in [3.05, 3.63) is 40.9 Å². The lowest BCUT2D eigenvalue weighted by molar-refractivity contribution is 0.0998. The van der Waals surface area contributed by atoms with Crippen molar-refractivity contribution in [2.75, 3.05) is 0 Å². The molecule has 0 aliphatic heterocycles. The molecule has 0 spiro atoms. The van der Waals surface area contributed by atoms with Gasteiger partial charge in [0.05, 0.1) is 11.8 Å². The minimum Gasteiger partial charge on any atom is -0.430 e. The van der Waals surface area contributed by atoms with Crippen LogP contribution >= 0.6 is 11.3 Å². The van der Waals surface area contributed by atoms with Crippen molar-refractivity contribution in [2.45, 2.75) is 0 Å². The second-order valence-electron chi connectivity index (χ2n) is 3.06. The van der Waals surface area contributed by atoms with Crippen LogP contribution in [0.1, 0.15) is 15.2 Å². The van der Waals surface area contributed by atoms with E-state index in [2.05, 4.69) is 4.98 Å². The first-order chi connectivity index (χ1) is 8.20. The zero-order valence-corrected chi connectivity index (χ0v) is 9.40. The monoisotopic (exact) mass is 245 g/mol. The Bertz CT molecular complexity index is 601. The predicted octanol–water partition coefficient (Wildman–Crippen LogP) is 1.91. The number of nitrogens with zero attached hydrogens (tertiary/aromatic N) is 2. The van der Waals surface area contributed by atoms with Crippen molar-refractivity contribution in [2.24, 2.45) is 5.73 Å². The van der Waals surface area contributed by atoms with Gasteiger partial charge in [-0.25, -0.2) is 4.98 Å². The van der Waals surface area contributed by atoms with Crippen LogP contribution < -0.4 is 10.5 Å². The van der Waals surface area contributed by atoms with E-state index in [1.807, 2.05) is 6.07 Å². The summed E-state index contributed by atoms with van der Waals surface area (Å²) in [4.78, 5) is 15.5. The van der Waals surface area contributed by atoms with Gasteiger partial charge < -0.3 is 10.5 Å². The number of para-hydroxylation sites is 1. The molecular weight excluding hydrogens is 238 g/mol. The predicted molar refractivity (Wildman–Crippen MR) is 61.9 cm³/mol. The first kappa shape index (κ1) is 11.1. The number of rotatable bonds is 3. The highest BCUT2D eigenvalue weighted by molar-refractivity contribution is 7.13. The number of hydrogen-bond donors (Lipinski definition) is 1. The van der Waals surface area contributed by atoms with Gasteiger partial charge in [-0.3, -0.25) is 4.79 Å². The number of benzene rings is 1. The lowest BCUT2D eigenvalue weighted by atomic mass is 10.2. The number of nitriles is 1. The molecule has 5 nitrogen and oxygen atoms in total. The number of amides is 1. The first-order valence-corrected chi connectivity index (χ1v) is 5.45. The summed E-state index contributed by atoms with van der Waals surface area (Å²) in [6.45, 7) is 0. The topological polar surface area (TPSA) is 89.0 Å². The molecule has 6 heteroatoms. The van der Waals surface area contributed by atoms with Crippen LogP contribution in [0.2, 0.25) is 0 Å². The SMILES string of the molecule is N#Cc1cnc(Oc2ccccc2C(N)=O)s1. The van der Waals surface area contributed by atoms with E-state index in [1.165, 1.54) is 6.20 Å². The molecule has 0 aliphatic rings. The average Bonchev–Trinajstić information content (AvgIpc) is 2.77. The van der Waals surface area contributed by atoms with Crippen molar-refractivity contribution >= 4 is 17.2 Å². The Hall–Kier alpha value is -2.39. The van der Waals surface area contributed by atoms with Gasteiger partial charge in [-0.05, 0) is 12.1 Å². The van der Waals surface area contributed by atoms with Crippen LogP contribution in [0.3, 0.4) is 0 Å². The maximum Gasteiger partial charge on any atom is 0.279 e. The molecule has 17 heavy (non-hydrogen) atoms. The number of hydrogen-bond acceptors (Lipinski definition) is 5. The quantitative estimate of drug-likeness (QED) is 0.894. The molecule has 2 N–H and O–H groups in total. The molecule has 2 aromatic rings. The number of nitrogens with two attached hydrogens (primary N) is 1. The summed E-state index contributed by atoms with van der Waals surface area (Å²) in [5, 5.41) is 8.95. The molecule has 1 aromatic heterocycles. The molecule has 0 bridgehead atoms. The summed E-state index contributed by atoms with van der Waals surface area (Å²) >= 11 is 1.10. The smallest absolute Gasteiger partial charge is 0.279 e. The number of ether oxygens (including phenoxy) is 1. The van der Waals surface area contributed by atoms with Gasteiger partial charge in [0.1, 0.15) is 16.7 Å². The van der Waals surface area contributed by atoms with Gasteiger partial charge in [-0.15, -0.1) is 0 Å². The molecule has 0 aliphatic carbocycles. The third kappa shape index (κ3) is 2.41. The Balaban J connectivity index is 2.30. The van der Waals surface area contributed by atoms with Crippen molar-refractivity contribution in [3.63, 3.8) is 0 Å². The summed E-state index contributed by atoms with van der Waals surface area (Å²) in [6, 6.07) is 8.55. The lowest BCUT2D eigenvalue weighted by Gasteiger charge is -2.05. The lowest BCUT2D eigenvalue weighted by Crippen LogP contribution is -2.11. The molecule has 0 fully saturated rings. The Kier molecular flexibility index (Phi) is 3.03. The summed E-state index contributed by atoms with van der Waals surface area (Å²) in [7, 11) is 0. The van der Waals surface area contributed by atoms with Crippen LogP contribution in [-0.4, -0.2) is 10.9 Å². The Morgan fingerprint density at radius 1 is 1.47 bits per heavy atom. The number of carbonyl (C=O) groups is 1. The minimum atomic E-state index is -0.572. The zero-order chi connectivity index (χ0) is 12.3. The van der Waals surface area contributed by atoms with Gasteiger partial charge in [-0.1, -0.05) is 23.5 Å². The maximum absolute atomic E-state index is 11.1.